The predicted octanol–water partition coefficient (Wildman–Crippen LogP) is 1.94. The zero-order valence-electron chi connectivity index (χ0n) is 9.83. The first kappa shape index (κ1) is 12.2. The number of aliphatic hydroxyl groups excluding tert-OH is 1. The summed E-state index contributed by atoms with van der Waals surface area (Å²) < 4.78 is 0. The van der Waals surface area contributed by atoms with Crippen molar-refractivity contribution in [3.8, 4) is 0 Å². The lowest BCUT2D eigenvalue weighted by Gasteiger charge is -2.15. The maximum Gasteiger partial charge on any atom is 0.0691 e. The molecular formula is C13H21NO. The first-order chi connectivity index (χ1) is 7.00. The van der Waals surface area contributed by atoms with E-state index in [1.807, 2.05) is 6.92 Å². The van der Waals surface area contributed by atoms with E-state index in [2.05, 4.69) is 32.0 Å². The minimum Gasteiger partial charge on any atom is -0.392 e. The van der Waals surface area contributed by atoms with Gasteiger partial charge < -0.3 is 10.8 Å². The first-order valence-corrected chi connectivity index (χ1v) is 5.50. The van der Waals surface area contributed by atoms with Gasteiger partial charge in [-0.2, -0.15) is 0 Å². The number of nitrogens with two attached hydrogens (primary N) is 1. The Morgan fingerprint density at radius 1 is 1.33 bits per heavy atom. The molecule has 0 heterocycles. The van der Waals surface area contributed by atoms with Crippen LogP contribution >= 0.6 is 0 Å². The second-order valence-electron chi connectivity index (χ2n) is 4.40. The first-order valence-electron chi connectivity index (χ1n) is 5.50. The summed E-state index contributed by atoms with van der Waals surface area (Å²) in [6.07, 6.45) is 1.24. The smallest absolute Gasteiger partial charge is 0.0691 e. The molecule has 0 aliphatic rings. The average molecular weight is 207 g/mol. The van der Waals surface area contributed by atoms with E-state index in [9.17, 15) is 5.11 Å². The van der Waals surface area contributed by atoms with Crippen molar-refractivity contribution in [2.45, 2.75) is 45.8 Å². The topological polar surface area (TPSA) is 46.2 Å². The van der Waals surface area contributed by atoms with Crippen LogP contribution in [0.2, 0.25) is 0 Å². The van der Waals surface area contributed by atoms with Gasteiger partial charge in [-0.15, -0.1) is 0 Å². The number of aliphatic hydroxyl groups is 1. The Morgan fingerprint density at radius 2 is 2.00 bits per heavy atom. The fourth-order valence-electron chi connectivity index (χ4n) is 1.69. The minimum atomic E-state index is -0.397. The van der Waals surface area contributed by atoms with E-state index in [-0.39, 0.29) is 6.04 Å². The highest BCUT2D eigenvalue weighted by atomic mass is 16.3. The fraction of sp³-hybridized carbons (Fsp3) is 0.538. The van der Waals surface area contributed by atoms with Crippen molar-refractivity contribution in [3.05, 3.63) is 34.9 Å². The second kappa shape index (κ2) is 5.29. The van der Waals surface area contributed by atoms with Crippen LogP contribution in [-0.4, -0.2) is 17.3 Å². The maximum atomic E-state index is 9.61. The molecule has 0 saturated heterocycles. The zero-order valence-corrected chi connectivity index (χ0v) is 9.83. The van der Waals surface area contributed by atoms with Crippen LogP contribution in [0.1, 0.15) is 30.0 Å². The van der Waals surface area contributed by atoms with Crippen molar-refractivity contribution in [2.24, 2.45) is 5.73 Å². The van der Waals surface area contributed by atoms with Gasteiger partial charge in [0.1, 0.15) is 0 Å². The van der Waals surface area contributed by atoms with E-state index in [1.165, 1.54) is 16.7 Å². The van der Waals surface area contributed by atoms with E-state index < -0.39 is 6.10 Å². The van der Waals surface area contributed by atoms with Gasteiger partial charge in [0.05, 0.1) is 6.10 Å². The lowest BCUT2D eigenvalue weighted by Crippen LogP contribution is -2.31. The number of benzene rings is 1. The number of hydrogen-bond acceptors (Lipinski definition) is 2. The molecule has 1 rings (SSSR count). The largest absolute Gasteiger partial charge is 0.392 e. The van der Waals surface area contributed by atoms with Gasteiger partial charge in [0.25, 0.3) is 0 Å². The molecule has 2 unspecified atom stereocenters. The fourth-order valence-corrected chi connectivity index (χ4v) is 1.69. The van der Waals surface area contributed by atoms with Crippen LogP contribution in [-0.2, 0) is 6.42 Å². The van der Waals surface area contributed by atoms with Crippen molar-refractivity contribution in [1.82, 2.24) is 0 Å². The molecule has 1 aromatic carbocycles. The summed E-state index contributed by atoms with van der Waals surface area (Å²) in [7, 11) is 0. The summed E-state index contributed by atoms with van der Waals surface area (Å²) in [6, 6.07) is 6.28. The van der Waals surface area contributed by atoms with Crippen LogP contribution < -0.4 is 5.73 Å². The second-order valence-corrected chi connectivity index (χ2v) is 4.40. The monoisotopic (exact) mass is 207 g/mol. The van der Waals surface area contributed by atoms with Crippen LogP contribution in [0, 0.1) is 13.8 Å². The molecule has 0 aliphatic heterocycles. The summed E-state index contributed by atoms with van der Waals surface area (Å²) in [6.45, 7) is 6.04. The number of aryl methyl sites for hydroxylation is 3. The molecule has 0 fully saturated rings. The van der Waals surface area contributed by atoms with Crippen LogP contribution in [0.25, 0.3) is 0 Å². The third-order valence-corrected chi connectivity index (χ3v) is 2.81. The maximum absolute atomic E-state index is 9.61. The van der Waals surface area contributed by atoms with Crippen LogP contribution in [0.5, 0.6) is 0 Å². The molecule has 1 aromatic rings. The molecule has 0 radical (unpaired) electrons. The third-order valence-electron chi connectivity index (χ3n) is 2.81. The van der Waals surface area contributed by atoms with Crippen LogP contribution in [0.15, 0.2) is 18.2 Å². The molecule has 84 valence electrons. The lowest BCUT2D eigenvalue weighted by atomic mass is 9.98. The molecule has 2 atom stereocenters. The van der Waals surface area contributed by atoms with Gasteiger partial charge >= 0.3 is 0 Å². The molecule has 2 nitrogen and oxygen atoms in total. The Kier molecular flexibility index (Phi) is 4.30. The molecule has 0 aromatic heterocycles. The predicted molar refractivity (Wildman–Crippen MR) is 63.9 cm³/mol. The van der Waals surface area contributed by atoms with Crippen molar-refractivity contribution in [3.63, 3.8) is 0 Å². The van der Waals surface area contributed by atoms with E-state index in [4.69, 9.17) is 5.73 Å². The molecule has 0 bridgehead atoms. The molecule has 0 aliphatic carbocycles. The van der Waals surface area contributed by atoms with Gasteiger partial charge in [0.2, 0.25) is 0 Å². The van der Waals surface area contributed by atoms with Gasteiger partial charge in [-0.25, -0.2) is 0 Å². The molecule has 3 N–H and O–H groups in total. The number of hydrogen-bond donors (Lipinski definition) is 2. The minimum absolute atomic E-state index is 0.143. The molecule has 0 saturated carbocycles. The summed E-state index contributed by atoms with van der Waals surface area (Å²) in [4.78, 5) is 0. The van der Waals surface area contributed by atoms with Crippen LogP contribution in [0.3, 0.4) is 0 Å². The van der Waals surface area contributed by atoms with Gasteiger partial charge in [-0.1, -0.05) is 23.8 Å². The Balaban J connectivity index is 2.58. The van der Waals surface area contributed by atoms with Crippen molar-refractivity contribution in [1.29, 1.82) is 0 Å². The Bertz CT molecular complexity index is 320. The van der Waals surface area contributed by atoms with Crippen molar-refractivity contribution in [2.75, 3.05) is 0 Å². The molecule has 0 amide bonds. The quantitative estimate of drug-likeness (QED) is 0.792. The van der Waals surface area contributed by atoms with Gasteiger partial charge in [0.15, 0.2) is 0 Å². The summed E-state index contributed by atoms with van der Waals surface area (Å²) in [5.74, 6) is 0. The van der Waals surface area contributed by atoms with Crippen LogP contribution in [0.4, 0.5) is 0 Å². The molecule has 15 heavy (non-hydrogen) atoms. The van der Waals surface area contributed by atoms with E-state index in [1.54, 1.807) is 0 Å². The van der Waals surface area contributed by atoms with E-state index >= 15 is 0 Å². The zero-order chi connectivity index (χ0) is 11.4. The van der Waals surface area contributed by atoms with Gasteiger partial charge in [-0.3, -0.25) is 0 Å². The highest BCUT2D eigenvalue weighted by Gasteiger charge is 2.09. The Morgan fingerprint density at radius 3 is 2.53 bits per heavy atom. The summed E-state index contributed by atoms with van der Waals surface area (Å²) in [5, 5.41) is 9.61. The Hall–Kier alpha value is -0.860. The normalized spacial score (nSPS) is 15.0. The van der Waals surface area contributed by atoms with Crippen molar-refractivity contribution >= 4 is 0 Å². The Labute approximate surface area is 92.1 Å². The van der Waals surface area contributed by atoms with Gasteiger partial charge in [-0.05, 0) is 44.7 Å². The molecule has 2 heteroatoms. The van der Waals surface area contributed by atoms with E-state index in [0.29, 0.717) is 0 Å². The average Bonchev–Trinajstić information content (AvgIpc) is 2.15. The number of rotatable bonds is 4. The lowest BCUT2D eigenvalue weighted by molar-refractivity contribution is 0.141. The molecule has 0 spiro atoms. The summed E-state index contributed by atoms with van der Waals surface area (Å²) >= 11 is 0. The standard InChI is InChI=1S/C13H21NO/c1-9-4-5-12(10(2)8-9)6-7-13(15)11(3)14/h4-5,8,11,13,15H,6-7,14H2,1-3H3. The summed E-state index contributed by atoms with van der Waals surface area (Å²) in [5.41, 5.74) is 9.50. The highest BCUT2D eigenvalue weighted by molar-refractivity contribution is 5.30. The van der Waals surface area contributed by atoms with Crippen molar-refractivity contribution < 1.29 is 5.11 Å². The van der Waals surface area contributed by atoms with E-state index in [0.717, 1.165) is 12.8 Å². The SMILES string of the molecule is Cc1ccc(CCC(O)C(C)N)c(C)c1. The highest BCUT2D eigenvalue weighted by Crippen LogP contribution is 2.13. The molecular weight excluding hydrogens is 186 g/mol. The van der Waals surface area contributed by atoms with Gasteiger partial charge in [0, 0.05) is 6.04 Å². The third kappa shape index (κ3) is 3.65.